The van der Waals surface area contributed by atoms with Crippen LogP contribution in [0.2, 0.25) is 0 Å². The number of benzene rings is 1. The van der Waals surface area contributed by atoms with Gasteiger partial charge in [0, 0.05) is 19.1 Å². The van der Waals surface area contributed by atoms with Crippen molar-refractivity contribution in [3.05, 3.63) is 23.8 Å². The molecule has 1 saturated heterocycles. The van der Waals surface area contributed by atoms with E-state index in [1.54, 1.807) is 0 Å². The lowest BCUT2D eigenvalue weighted by molar-refractivity contribution is 0.0688. The molecule has 0 aliphatic carbocycles. The Kier molecular flexibility index (Phi) is 5.31. The molecule has 1 fully saturated rings. The Balaban J connectivity index is 0.00000161. The molecular weight excluding hydrogens is 292 g/mol. The maximum atomic E-state index is 12.7. The molecule has 0 radical (unpaired) electrons. The summed E-state index contributed by atoms with van der Waals surface area (Å²) in [4.78, 5) is 14.6. The van der Waals surface area contributed by atoms with E-state index < -0.39 is 0 Å². The Bertz CT molecular complexity index is 510. The lowest BCUT2D eigenvalue weighted by Gasteiger charge is -2.33. The average Bonchev–Trinajstić information content (AvgIpc) is 2.53. The Morgan fingerprint density at radius 2 is 2.14 bits per heavy atom. The highest BCUT2D eigenvalue weighted by Crippen LogP contribution is 2.34. The highest BCUT2D eigenvalue weighted by molar-refractivity contribution is 5.98. The highest BCUT2D eigenvalue weighted by atomic mass is 35.5. The molecule has 1 aromatic carbocycles. The highest BCUT2D eigenvalue weighted by Gasteiger charge is 2.27. The zero-order valence-electron chi connectivity index (χ0n) is 12.1. The van der Waals surface area contributed by atoms with Gasteiger partial charge in [0.25, 0.3) is 5.91 Å². The summed E-state index contributed by atoms with van der Waals surface area (Å²) in [7, 11) is 1.94. The second kappa shape index (κ2) is 7.00. The molecule has 0 spiro atoms. The number of hydrogen-bond acceptors (Lipinski definition) is 4. The van der Waals surface area contributed by atoms with Crippen molar-refractivity contribution in [3.8, 4) is 11.5 Å². The van der Waals surface area contributed by atoms with E-state index in [-0.39, 0.29) is 18.3 Å². The molecule has 2 heterocycles. The number of para-hydroxylation sites is 1. The second-order valence-corrected chi connectivity index (χ2v) is 5.21. The summed E-state index contributed by atoms with van der Waals surface area (Å²) in [6, 6.07) is 5.89. The summed E-state index contributed by atoms with van der Waals surface area (Å²) in [6.45, 7) is 2.59. The average molecular weight is 313 g/mol. The number of halogens is 1. The molecule has 5 nitrogen and oxygen atoms in total. The minimum atomic E-state index is 0. The number of carbonyl (C=O) groups excluding carboxylic acids is 1. The van der Waals surface area contributed by atoms with Gasteiger partial charge in [-0.05, 0) is 32.0 Å². The molecule has 2 aliphatic rings. The first kappa shape index (κ1) is 15.9. The predicted octanol–water partition coefficient (Wildman–Crippen LogP) is 1.70. The third-order valence-corrected chi connectivity index (χ3v) is 3.91. The van der Waals surface area contributed by atoms with Crippen LogP contribution in [0, 0.1) is 0 Å². The number of carbonyl (C=O) groups is 1. The van der Waals surface area contributed by atoms with Gasteiger partial charge in [-0.2, -0.15) is 0 Å². The van der Waals surface area contributed by atoms with Gasteiger partial charge in [0.1, 0.15) is 13.2 Å². The van der Waals surface area contributed by atoms with Crippen LogP contribution in [0.25, 0.3) is 0 Å². The van der Waals surface area contributed by atoms with Crippen LogP contribution in [0.5, 0.6) is 11.5 Å². The van der Waals surface area contributed by atoms with Gasteiger partial charge in [-0.25, -0.2) is 0 Å². The minimum absolute atomic E-state index is 0. The molecule has 2 aliphatic heterocycles. The largest absolute Gasteiger partial charge is 0.486 e. The van der Waals surface area contributed by atoms with Crippen molar-refractivity contribution in [3.63, 3.8) is 0 Å². The van der Waals surface area contributed by atoms with Crippen LogP contribution in [0.15, 0.2) is 18.2 Å². The quantitative estimate of drug-likeness (QED) is 0.903. The van der Waals surface area contributed by atoms with E-state index >= 15 is 0 Å². The summed E-state index contributed by atoms with van der Waals surface area (Å²) in [5.41, 5.74) is 0.610. The molecular formula is C15H21ClN2O3. The normalized spacial score (nSPS) is 20.6. The number of piperidine rings is 1. The van der Waals surface area contributed by atoms with Crippen molar-refractivity contribution >= 4 is 18.3 Å². The first-order chi connectivity index (χ1) is 9.79. The van der Waals surface area contributed by atoms with Gasteiger partial charge in [0.2, 0.25) is 0 Å². The van der Waals surface area contributed by atoms with E-state index in [9.17, 15) is 4.79 Å². The summed E-state index contributed by atoms with van der Waals surface area (Å²) >= 11 is 0. The molecule has 1 aromatic rings. The number of amides is 1. The fourth-order valence-electron chi connectivity index (χ4n) is 2.81. The number of rotatable bonds is 2. The monoisotopic (exact) mass is 312 g/mol. The van der Waals surface area contributed by atoms with Crippen LogP contribution in [0.4, 0.5) is 0 Å². The van der Waals surface area contributed by atoms with Crippen LogP contribution in [-0.4, -0.2) is 50.2 Å². The van der Waals surface area contributed by atoms with Crippen molar-refractivity contribution < 1.29 is 14.3 Å². The van der Waals surface area contributed by atoms with Gasteiger partial charge in [-0.1, -0.05) is 6.07 Å². The molecule has 1 unspecified atom stereocenters. The summed E-state index contributed by atoms with van der Waals surface area (Å²) in [5, 5.41) is 3.25. The van der Waals surface area contributed by atoms with Crippen LogP contribution >= 0.6 is 12.4 Å². The molecule has 6 heteroatoms. The van der Waals surface area contributed by atoms with Gasteiger partial charge >= 0.3 is 0 Å². The summed E-state index contributed by atoms with van der Waals surface area (Å²) < 4.78 is 11.2. The lowest BCUT2D eigenvalue weighted by Crippen LogP contribution is -2.47. The number of likely N-dealkylation sites (N-methyl/N-ethyl adjacent to an activating group) is 1. The van der Waals surface area contributed by atoms with Gasteiger partial charge in [-0.15, -0.1) is 12.4 Å². The van der Waals surface area contributed by atoms with E-state index in [0.29, 0.717) is 36.3 Å². The van der Waals surface area contributed by atoms with E-state index in [2.05, 4.69) is 5.32 Å². The Morgan fingerprint density at radius 1 is 1.33 bits per heavy atom. The third-order valence-electron chi connectivity index (χ3n) is 3.91. The molecule has 1 atom stereocenters. The van der Waals surface area contributed by atoms with Crippen molar-refractivity contribution in [1.82, 2.24) is 10.2 Å². The Hall–Kier alpha value is -1.46. The fourth-order valence-corrected chi connectivity index (χ4v) is 2.81. The maximum absolute atomic E-state index is 12.7. The lowest BCUT2D eigenvalue weighted by atomic mass is 10.0. The summed E-state index contributed by atoms with van der Waals surface area (Å²) in [5.74, 6) is 1.30. The fraction of sp³-hybridized carbons (Fsp3) is 0.533. The molecule has 3 rings (SSSR count). The number of likely N-dealkylation sites (tertiary alicyclic amines) is 1. The summed E-state index contributed by atoms with van der Waals surface area (Å²) in [6.07, 6.45) is 2.15. The van der Waals surface area contributed by atoms with Crippen LogP contribution in [0.1, 0.15) is 23.2 Å². The molecule has 0 bridgehead atoms. The first-order valence-electron chi connectivity index (χ1n) is 7.14. The Morgan fingerprint density at radius 3 is 2.95 bits per heavy atom. The van der Waals surface area contributed by atoms with Crippen molar-refractivity contribution in [2.75, 3.05) is 33.4 Å². The van der Waals surface area contributed by atoms with E-state index in [1.165, 1.54) is 0 Å². The molecule has 1 N–H and O–H groups in total. The Labute approximate surface area is 131 Å². The third kappa shape index (κ3) is 3.24. The number of fused-ring (bicyclic) bond motifs is 1. The minimum Gasteiger partial charge on any atom is -0.486 e. The van der Waals surface area contributed by atoms with Crippen LogP contribution < -0.4 is 14.8 Å². The molecule has 0 saturated carbocycles. The van der Waals surface area contributed by atoms with Gasteiger partial charge in [-0.3, -0.25) is 4.79 Å². The number of ether oxygens (including phenoxy) is 2. The van der Waals surface area contributed by atoms with Gasteiger partial charge in [0.05, 0.1) is 5.56 Å². The SMILES string of the molecule is CNC1CCCN(C(=O)c2cccc3c2OCCO3)C1.Cl. The van der Waals surface area contributed by atoms with Crippen molar-refractivity contribution in [1.29, 1.82) is 0 Å². The standard InChI is InChI=1S/C15H20N2O3.ClH/c1-16-11-4-3-7-17(10-11)15(18)12-5-2-6-13-14(12)20-9-8-19-13;/h2,5-6,11,16H,3-4,7-10H2,1H3;1H. The van der Waals surface area contributed by atoms with E-state index in [4.69, 9.17) is 9.47 Å². The molecule has 116 valence electrons. The second-order valence-electron chi connectivity index (χ2n) is 5.21. The topological polar surface area (TPSA) is 50.8 Å². The van der Waals surface area contributed by atoms with Gasteiger partial charge < -0.3 is 19.7 Å². The number of nitrogens with one attached hydrogen (secondary N) is 1. The maximum Gasteiger partial charge on any atom is 0.257 e. The van der Waals surface area contributed by atoms with Gasteiger partial charge in [0.15, 0.2) is 11.5 Å². The smallest absolute Gasteiger partial charge is 0.257 e. The van der Waals surface area contributed by atoms with Crippen molar-refractivity contribution in [2.45, 2.75) is 18.9 Å². The van der Waals surface area contributed by atoms with E-state index in [0.717, 1.165) is 25.9 Å². The number of hydrogen-bond donors (Lipinski definition) is 1. The van der Waals surface area contributed by atoms with Crippen molar-refractivity contribution in [2.24, 2.45) is 0 Å². The predicted molar refractivity (Wildman–Crippen MR) is 82.7 cm³/mol. The zero-order valence-corrected chi connectivity index (χ0v) is 12.9. The van der Waals surface area contributed by atoms with Crippen LogP contribution in [0.3, 0.4) is 0 Å². The van der Waals surface area contributed by atoms with E-state index in [1.807, 2.05) is 30.1 Å². The first-order valence-corrected chi connectivity index (χ1v) is 7.14. The zero-order chi connectivity index (χ0) is 13.9. The molecule has 1 amide bonds. The number of nitrogens with zero attached hydrogens (tertiary/aromatic N) is 1. The van der Waals surface area contributed by atoms with Crippen LogP contribution in [-0.2, 0) is 0 Å². The molecule has 21 heavy (non-hydrogen) atoms. The molecule has 0 aromatic heterocycles.